The van der Waals surface area contributed by atoms with Crippen molar-refractivity contribution in [2.24, 2.45) is 0 Å². The van der Waals surface area contributed by atoms with Crippen LogP contribution < -0.4 is 4.90 Å². The molecule has 2 aliphatic rings. The van der Waals surface area contributed by atoms with Crippen LogP contribution in [0.1, 0.15) is 24.4 Å². The average molecular weight is 338 g/mol. The second kappa shape index (κ2) is 6.99. The fourth-order valence-electron chi connectivity index (χ4n) is 3.63. The van der Waals surface area contributed by atoms with Crippen molar-refractivity contribution in [3.05, 3.63) is 60.2 Å². The van der Waals surface area contributed by atoms with Gasteiger partial charge in [0.1, 0.15) is 0 Å². The average Bonchev–Trinajstić information content (AvgIpc) is 3.14. The molecule has 1 saturated heterocycles. The second-order valence-corrected chi connectivity index (χ2v) is 7.51. The predicted molar refractivity (Wildman–Crippen MR) is 99.5 cm³/mol. The number of carbonyl (C=O) groups is 1. The Hall–Kier alpha value is -1.78. The van der Waals surface area contributed by atoms with Gasteiger partial charge in [-0.15, -0.1) is 11.8 Å². The molecule has 2 aliphatic heterocycles. The van der Waals surface area contributed by atoms with Crippen LogP contribution in [-0.2, 0) is 4.79 Å². The summed E-state index contributed by atoms with van der Waals surface area (Å²) < 4.78 is 0. The molecule has 3 nitrogen and oxygen atoms in total. The lowest BCUT2D eigenvalue weighted by Crippen LogP contribution is -2.44. The number of hydrogen-bond acceptors (Lipinski definition) is 3. The third kappa shape index (κ3) is 3.08. The van der Waals surface area contributed by atoms with Gasteiger partial charge in [0.05, 0.1) is 18.3 Å². The van der Waals surface area contributed by atoms with Crippen LogP contribution >= 0.6 is 11.8 Å². The molecule has 0 saturated carbocycles. The summed E-state index contributed by atoms with van der Waals surface area (Å²) in [5.74, 6) is 1.13. The molecule has 1 atom stereocenters. The minimum Gasteiger partial charge on any atom is -0.302 e. The fourth-order valence-corrected chi connectivity index (χ4v) is 4.79. The molecule has 1 fully saturated rings. The Balaban J connectivity index is 1.67. The number of thioether (sulfide) groups is 1. The molecule has 0 aliphatic carbocycles. The maximum Gasteiger partial charge on any atom is 0.241 e. The molecule has 0 radical (unpaired) electrons. The molecule has 124 valence electrons. The van der Waals surface area contributed by atoms with Crippen molar-refractivity contribution in [1.82, 2.24) is 4.90 Å². The lowest BCUT2D eigenvalue weighted by Gasteiger charge is -2.38. The van der Waals surface area contributed by atoms with Gasteiger partial charge in [-0.2, -0.15) is 0 Å². The molecule has 0 aromatic heterocycles. The minimum absolute atomic E-state index is 0.112. The zero-order valence-electron chi connectivity index (χ0n) is 13.7. The van der Waals surface area contributed by atoms with Gasteiger partial charge in [-0.25, -0.2) is 0 Å². The van der Waals surface area contributed by atoms with E-state index in [1.807, 2.05) is 28.8 Å². The summed E-state index contributed by atoms with van der Waals surface area (Å²) in [6.07, 6.45) is 2.42. The number of fused-ring (bicyclic) bond motifs is 1. The van der Waals surface area contributed by atoms with Crippen LogP contribution in [0.25, 0.3) is 0 Å². The smallest absolute Gasteiger partial charge is 0.241 e. The first-order valence-corrected chi connectivity index (χ1v) is 9.63. The van der Waals surface area contributed by atoms with Crippen LogP contribution in [0, 0.1) is 0 Å². The summed E-state index contributed by atoms with van der Waals surface area (Å²) in [5.41, 5.74) is 2.28. The maximum atomic E-state index is 13.2. The first-order valence-electron chi connectivity index (χ1n) is 8.64. The monoisotopic (exact) mass is 338 g/mol. The molecule has 2 heterocycles. The van der Waals surface area contributed by atoms with Gasteiger partial charge in [-0.05, 0) is 43.6 Å². The number of nitrogens with zero attached hydrogens (tertiary/aromatic N) is 2. The Bertz CT molecular complexity index is 713. The molecule has 4 rings (SSSR count). The number of anilines is 1. The number of rotatable bonds is 3. The van der Waals surface area contributed by atoms with E-state index in [2.05, 4.69) is 47.4 Å². The topological polar surface area (TPSA) is 23.6 Å². The molecule has 2 aromatic rings. The molecule has 4 heteroatoms. The second-order valence-electron chi connectivity index (χ2n) is 6.45. The van der Waals surface area contributed by atoms with Crippen molar-refractivity contribution in [3.8, 4) is 0 Å². The van der Waals surface area contributed by atoms with E-state index >= 15 is 0 Å². The van der Waals surface area contributed by atoms with Gasteiger partial charge in [0.2, 0.25) is 5.91 Å². The van der Waals surface area contributed by atoms with Gasteiger partial charge >= 0.3 is 0 Å². The SMILES string of the molecule is O=C(CN1CCCC1)N1c2ccccc2SC[C@H]1c1ccccc1. The molecule has 2 aromatic carbocycles. The summed E-state index contributed by atoms with van der Waals surface area (Å²) in [7, 11) is 0. The van der Waals surface area contributed by atoms with Crippen LogP contribution in [0.4, 0.5) is 5.69 Å². The summed E-state index contributed by atoms with van der Waals surface area (Å²) in [5, 5.41) is 0. The number of benzene rings is 2. The lowest BCUT2D eigenvalue weighted by atomic mass is 10.1. The lowest BCUT2D eigenvalue weighted by molar-refractivity contribution is -0.120. The van der Waals surface area contributed by atoms with E-state index in [4.69, 9.17) is 0 Å². The van der Waals surface area contributed by atoms with Crippen molar-refractivity contribution >= 4 is 23.4 Å². The Kier molecular flexibility index (Phi) is 4.58. The third-order valence-electron chi connectivity index (χ3n) is 4.84. The Labute approximate surface area is 147 Å². The minimum atomic E-state index is 0.112. The highest BCUT2D eigenvalue weighted by Gasteiger charge is 2.33. The Morgan fingerprint density at radius 1 is 1.00 bits per heavy atom. The highest BCUT2D eigenvalue weighted by atomic mass is 32.2. The number of carbonyl (C=O) groups excluding carboxylic acids is 1. The third-order valence-corrected chi connectivity index (χ3v) is 5.98. The van der Waals surface area contributed by atoms with Gasteiger partial charge in [-0.1, -0.05) is 42.5 Å². The largest absolute Gasteiger partial charge is 0.302 e. The highest BCUT2D eigenvalue weighted by molar-refractivity contribution is 7.99. The van der Waals surface area contributed by atoms with Crippen LogP contribution in [0.2, 0.25) is 0 Å². The van der Waals surface area contributed by atoms with Crippen molar-refractivity contribution in [2.75, 3.05) is 30.3 Å². The van der Waals surface area contributed by atoms with Crippen LogP contribution in [0.15, 0.2) is 59.5 Å². The van der Waals surface area contributed by atoms with E-state index in [1.54, 1.807) is 0 Å². The molecule has 0 spiro atoms. The standard InChI is InChI=1S/C20H22N2OS/c23-20(14-21-12-6-7-13-21)22-17-10-4-5-11-19(17)24-15-18(22)16-8-2-1-3-9-16/h1-5,8-11,18H,6-7,12-15H2/t18-/m0/s1. The zero-order chi connectivity index (χ0) is 16.4. The number of likely N-dealkylation sites (tertiary alicyclic amines) is 1. The van der Waals surface area contributed by atoms with E-state index in [0.29, 0.717) is 6.54 Å². The van der Waals surface area contributed by atoms with Crippen molar-refractivity contribution in [3.63, 3.8) is 0 Å². The van der Waals surface area contributed by atoms with Crippen LogP contribution in [-0.4, -0.2) is 36.2 Å². The first kappa shape index (κ1) is 15.7. The summed E-state index contributed by atoms with van der Waals surface area (Å²) in [4.78, 5) is 18.7. The molecular formula is C20H22N2OS. The van der Waals surface area contributed by atoms with Crippen molar-refractivity contribution in [1.29, 1.82) is 0 Å². The molecule has 1 amide bonds. The molecule has 0 unspecified atom stereocenters. The Morgan fingerprint density at radius 2 is 1.71 bits per heavy atom. The van der Waals surface area contributed by atoms with Gasteiger partial charge in [0.25, 0.3) is 0 Å². The van der Waals surface area contributed by atoms with E-state index in [9.17, 15) is 4.79 Å². The number of hydrogen-bond donors (Lipinski definition) is 0. The highest BCUT2D eigenvalue weighted by Crippen LogP contribution is 2.43. The first-order chi connectivity index (χ1) is 11.8. The van der Waals surface area contributed by atoms with Crippen LogP contribution in [0.3, 0.4) is 0 Å². The van der Waals surface area contributed by atoms with E-state index in [0.717, 1.165) is 24.5 Å². The van der Waals surface area contributed by atoms with Gasteiger partial charge in [0.15, 0.2) is 0 Å². The zero-order valence-corrected chi connectivity index (χ0v) is 14.5. The molecule has 0 N–H and O–H groups in total. The number of para-hydroxylation sites is 1. The Morgan fingerprint density at radius 3 is 2.50 bits per heavy atom. The predicted octanol–water partition coefficient (Wildman–Crippen LogP) is 3.96. The quantitative estimate of drug-likeness (QED) is 0.846. The summed E-state index contributed by atoms with van der Waals surface area (Å²) in [6, 6.07) is 18.8. The van der Waals surface area contributed by atoms with Gasteiger partial charge in [-0.3, -0.25) is 9.69 Å². The molecular weight excluding hydrogens is 316 g/mol. The maximum absolute atomic E-state index is 13.2. The van der Waals surface area contributed by atoms with Gasteiger partial charge in [0, 0.05) is 10.6 Å². The summed E-state index contributed by atoms with van der Waals surface area (Å²) >= 11 is 1.85. The van der Waals surface area contributed by atoms with Crippen molar-refractivity contribution in [2.45, 2.75) is 23.8 Å². The fraction of sp³-hybridized carbons (Fsp3) is 0.350. The van der Waals surface area contributed by atoms with Crippen molar-refractivity contribution < 1.29 is 4.79 Å². The molecule has 0 bridgehead atoms. The van der Waals surface area contributed by atoms with Gasteiger partial charge < -0.3 is 4.90 Å². The summed E-state index contributed by atoms with van der Waals surface area (Å²) in [6.45, 7) is 2.63. The van der Waals surface area contributed by atoms with Crippen LogP contribution in [0.5, 0.6) is 0 Å². The number of amides is 1. The van der Waals surface area contributed by atoms with E-state index in [-0.39, 0.29) is 11.9 Å². The normalized spacial score (nSPS) is 20.8. The molecule has 24 heavy (non-hydrogen) atoms. The van der Waals surface area contributed by atoms with E-state index in [1.165, 1.54) is 23.3 Å². The van der Waals surface area contributed by atoms with E-state index < -0.39 is 0 Å².